The van der Waals surface area contributed by atoms with E-state index in [2.05, 4.69) is 5.32 Å². The number of thioether (sulfide) groups is 1. The summed E-state index contributed by atoms with van der Waals surface area (Å²) in [5, 5.41) is 7.72. The van der Waals surface area contributed by atoms with Gasteiger partial charge in [0.15, 0.2) is 0 Å². The third kappa shape index (κ3) is 4.87. The summed E-state index contributed by atoms with van der Waals surface area (Å²) in [5.74, 6) is 0.121. The van der Waals surface area contributed by atoms with Gasteiger partial charge in [0.2, 0.25) is 15.9 Å². The Balaban J connectivity index is 1.92. The standard InChI is InChI=1S/C15H16N2O3S2/c1-11-3-2-4-13(9-11)21-10-15(18)17-12-5-7-14(8-6-12)22(16,19)20/h2-9H,10H2,1H3,(H,17,18)(H2,16,19,20). The highest BCUT2D eigenvalue weighted by molar-refractivity contribution is 8.00. The molecule has 0 aliphatic carbocycles. The molecule has 5 nitrogen and oxygen atoms in total. The number of benzene rings is 2. The van der Waals surface area contributed by atoms with Crippen molar-refractivity contribution in [3.05, 3.63) is 54.1 Å². The molecule has 22 heavy (non-hydrogen) atoms. The molecule has 0 unspecified atom stereocenters. The molecule has 0 bridgehead atoms. The molecule has 0 heterocycles. The van der Waals surface area contributed by atoms with E-state index in [1.165, 1.54) is 36.0 Å². The van der Waals surface area contributed by atoms with Gasteiger partial charge < -0.3 is 5.32 Å². The summed E-state index contributed by atoms with van der Waals surface area (Å²) in [4.78, 5) is 12.9. The van der Waals surface area contributed by atoms with Gasteiger partial charge in [0.25, 0.3) is 0 Å². The maximum absolute atomic E-state index is 11.9. The van der Waals surface area contributed by atoms with Crippen LogP contribution in [0, 0.1) is 6.92 Å². The fourth-order valence-electron chi connectivity index (χ4n) is 1.78. The normalized spacial score (nSPS) is 11.2. The van der Waals surface area contributed by atoms with Crippen LogP contribution in [0.4, 0.5) is 5.69 Å². The number of nitrogens with two attached hydrogens (primary N) is 1. The first kappa shape index (κ1) is 16.5. The number of rotatable bonds is 5. The zero-order chi connectivity index (χ0) is 16.2. The summed E-state index contributed by atoms with van der Waals surface area (Å²) in [6, 6.07) is 13.6. The Labute approximate surface area is 134 Å². The summed E-state index contributed by atoms with van der Waals surface area (Å²) >= 11 is 1.44. The summed E-state index contributed by atoms with van der Waals surface area (Å²) in [7, 11) is -3.72. The van der Waals surface area contributed by atoms with Crippen molar-refractivity contribution < 1.29 is 13.2 Å². The van der Waals surface area contributed by atoms with Gasteiger partial charge in [-0.15, -0.1) is 11.8 Å². The van der Waals surface area contributed by atoms with Gasteiger partial charge in [0.1, 0.15) is 0 Å². The Kier molecular flexibility index (Phi) is 5.23. The Bertz CT molecular complexity index is 772. The van der Waals surface area contributed by atoms with Gasteiger partial charge in [-0.05, 0) is 43.3 Å². The second-order valence-electron chi connectivity index (χ2n) is 4.72. The van der Waals surface area contributed by atoms with Crippen molar-refractivity contribution in [2.24, 2.45) is 5.14 Å². The van der Waals surface area contributed by atoms with Crippen molar-refractivity contribution in [1.29, 1.82) is 0 Å². The largest absolute Gasteiger partial charge is 0.325 e. The Morgan fingerprint density at radius 1 is 1.18 bits per heavy atom. The van der Waals surface area contributed by atoms with Crippen LogP contribution in [-0.4, -0.2) is 20.1 Å². The van der Waals surface area contributed by atoms with E-state index in [1.54, 1.807) is 0 Å². The summed E-state index contributed by atoms with van der Waals surface area (Å²) in [6.07, 6.45) is 0. The van der Waals surface area contributed by atoms with Crippen LogP contribution >= 0.6 is 11.8 Å². The molecular formula is C15H16N2O3S2. The topological polar surface area (TPSA) is 89.3 Å². The molecule has 0 aliphatic rings. The van der Waals surface area contributed by atoms with Gasteiger partial charge >= 0.3 is 0 Å². The zero-order valence-corrected chi connectivity index (χ0v) is 13.6. The minimum Gasteiger partial charge on any atom is -0.325 e. The average molecular weight is 336 g/mol. The van der Waals surface area contributed by atoms with E-state index < -0.39 is 10.0 Å². The third-order valence-electron chi connectivity index (χ3n) is 2.83. The number of amides is 1. The molecule has 3 N–H and O–H groups in total. The maximum atomic E-state index is 11.9. The van der Waals surface area contributed by atoms with Crippen LogP contribution < -0.4 is 10.5 Å². The van der Waals surface area contributed by atoms with Crippen molar-refractivity contribution in [2.45, 2.75) is 16.7 Å². The van der Waals surface area contributed by atoms with E-state index in [-0.39, 0.29) is 16.6 Å². The second kappa shape index (κ2) is 6.95. The number of anilines is 1. The molecule has 2 rings (SSSR count). The van der Waals surface area contributed by atoms with E-state index in [9.17, 15) is 13.2 Å². The lowest BCUT2D eigenvalue weighted by atomic mass is 10.2. The number of primary sulfonamides is 1. The predicted octanol–water partition coefficient (Wildman–Crippen LogP) is 2.37. The summed E-state index contributed by atoms with van der Waals surface area (Å²) in [6.45, 7) is 2.00. The average Bonchev–Trinajstić information content (AvgIpc) is 2.45. The SMILES string of the molecule is Cc1cccc(SCC(=O)Nc2ccc(S(N)(=O)=O)cc2)c1. The van der Waals surface area contributed by atoms with Crippen molar-refractivity contribution in [3.63, 3.8) is 0 Å². The van der Waals surface area contributed by atoms with Crippen molar-refractivity contribution >= 4 is 33.4 Å². The van der Waals surface area contributed by atoms with Gasteiger partial charge in [-0.25, -0.2) is 13.6 Å². The van der Waals surface area contributed by atoms with Crippen molar-refractivity contribution in [3.8, 4) is 0 Å². The molecule has 2 aromatic rings. The highest BCUT2D eigenvalue weighted by Gasteiger charge is 2.08. The van der Waals surface area contributed by atoms with E-state index in [0.29, 0.717) is 5.69 Å². The smallest absolute Gasteiger partial charge is 0.238 e. The lowest BCUT2D eigenvalue weighted by Crippen LogP contribution is -2.15. The third-order valence-corrected chi connectivity index (χ3v) is 4.75. The molecule has 116 valence electrons. The first-order chi connectivity index (χ1) is 10.3. The molecule has 0 saturated carbocycles. The Morgan fingerprint density at radius 2 is 1.86 bits per heavy atom. The van der Waals surface area contributed by atoms with Gasteiger partial charge in [-0.2, -0.15) is 0 Å². The second-order valence-corrected chi connectivity index (χ2v) is 7.33. The van der Waals surface area contributed by atoms with E-state index in [0.717, 1.165) is 10.5 Å². The molecule has 2 aromatic carbocycles. The van der Waals surface area contributed by atoms with Crippen molar-refractivity contribution in [2.75, 3.05) is 11.1 Å². The number of carbonyl (C=O) groups excluding carboxylic acids is 1. The van der Waals surface area contributed by atoms with Gasteiger partial charge in [-0.1, -0.05) is 17.7 Å². The van der Waals surface area contributed by atoms with Gasteiger partial charge in [0.05, 0.1) is 10.6 Å². The molecular weight excluding hydrogens is 320 g/mol. The molecule has 0 saturated heterocycles. The quantitative estimate of drug-likeness (QED) is 0.820. The lowest BCUT2D eigenvalue weighted by molar-refractivity contribution is -0.113. The predicted molar refractivity (Wildman–Crippen MR) is 88.3 cm³/mol. The first-order valence-electron chi connectivity index (χ1n) is 6.47. The molecule has 0 fully saturated rings. The monoisotopic (exact) mass is 336 g/mol. The molecule has 7 heteroatoms. The van der Waals surface area contributed by atoms with Crippen LogP contribution in [0.3, 0.4) is 0 Å². The highest BCUT2D eigenvalue weighted by Crippen LogP contribution is 2.19. The highest BCUT2D eigenvalue weighted by atomic mass is 32.2. The van der Waals surface area contributed by atoms with Crippen LogP contribution in [0.25, 0.3) is 0 Å². The number of carbonyl (C=O) groups is 1. The Morgan fingerprint density at radius 3 is 2.45 bits per heavy atom. The number of nitrogens with one attached hydrogen (secondary N) is 1. The molecule has 0 aromatic heterocycles. The van der Waals surface area contributed by atoms with Crippen molar-refractivity contribution in [1.82, 2.24) is 0 Å². The first-order valence-corrected chi connectivity index (χ1v) is 9.00. The van der Waals surface area contributed by atoms with E-state index >= 15 is 0 Å². The summed E-state index contributed by atoms with van der Waals surface area (Å²) in [5.41, 5.74) is 1.67. The number of sulfonamides is 1. The molecule has 0 atom stereocenters. The van der Waals surface area contributed by atoms with E-state index in [4.69, 9.17) is 5.14 Å². The lowest BCUT2D eigenvalue weighted by Gasteiger charge is -2.06. The molecule has 0 spiro atoms. The minimum atomic E-state index is -3.72. The van der Waals surface area contributed by atoms with Gasteiger partial charge in [0, 0.05) is 10.6 Å². The van der Waals surface area contributed by atoms with Crippen LogP contribution in [0.2, 0.25) is 0 Å². The molecule has 1 amide bonds. The number of hydrogen-bond acceptors (Lipinski definition) is 4. The van der Waals surface area contributed by atoms with E-state index in [1.807, 2.05) is 31.2 Å². The summed E-state index contributed by atoms with van der Waals surface area (Å²) < 4.78 is 22.3. The van der Waals surface area contributed by atoms with Gasteiger partial charge in [-0.3, -0.25) is 4.79 Å². The zero-order valence-electron chi connectivity index (χ0n) is 11.9. The van der Waals surface area contributed by atoms with Crippen LogP contribution in [0.15, 0.2) is 58.3 Å². The minimum absolute atomic E-state index is 0.0136. The van der Waals surface area contributed by atoms with Crippen LogP contribution in [0.1, 0.15) is 5.56 Å². The maximum Gasteiger partial charge on any atom is 0.238 e. The number of hydrogen-bond donors (Lipinski definition) is 2. The fourth-order valence-corrected chi connectivity index (χ4v) is 3.11. The van der Waals surface area contributed by atoms with Crippen LogP contribution in [-0.2, 0) is 14.8 Å². The molecule has 0 radical (unpaired) electrons. The Hall–Kier alpha value is -1.83. The van der Waals surface area contributed by atoms with Crippen LogP contribution in [0.5, 0.6) is 0 Å². The molecule has 0 aliphatic heterocycles. The fraction of sp³-hybridized carbons (Fsp3) is 0.133. The number of aryl methyl sites for hydroxylation is 1.